The molecule has 0 saturated carbocycles. The first-order valence-corrected chi connectivity index (χ1v) is 10.8. The molecule has 4 nitrogen and oxygen atoms in total. The van der Waals surface area contributed by atoms with E-state index < -0.39 is 5.41 Å². The van der Waals surface area contributed by atoms with Gasteiger partial charge in [-0.1, -0.05) is 60.7 Å². The van der Waals surface area contributed by atoms with Gasteiger partial charge in [0.05, 0.1) is 33.9 Å². The molecule has 0 bridgehead atoms. The normalized spacial score (nSPS) is 13.1. The Hall–Kier alpha value is -3.92. The molecular formula is C29H26O4. The standard InChI is InChI=1S/C29H26O4/c1-30-25-15-13-19(17-27(25)32-3)29(20-14-16-26(31-2)28(18-20)33-4)23-11-7-5-9-21(23)22-10-6-8-12-24(22)29/h5-18H,1-4H3. The summed E-state index contributed by atoms with van der Waals surface area (Å²) < 4.78 is 22.5. The van der Waals surface area contributed by atoms with Gasteiger partial charge in [0.15, 0.2) is 23.0 Å². The Morgan fingerprint density at radius 1 is 0.455 bits per heavy atom. The van der Waals surface area contributed by atoms with Gasteiger partial charge in [-0.15, -0.1) is 0 Å². The Kier molecular flexibility index (Phi) is 5.21. The monoisotopic (exact) mass is 438 g/mol. The first-order chi connectivity index (χ1) is 16.2. The minimum atomic E-state index is -0.563. The van der Waals surface area contributed by atoms with Crippen LogP contribution in [-0.4, -0.2) is 28.4 Å². The van der Waals surface area contributed by atoms with Gasteiger partial charge in [-0.25, -0.2) is 0 Å². The van der Waals surface area contributed by atoms with Gasteiger partial charge in [0.25, 0.3) is 0 Å². The molecule has 1 aliphatic rings. The maximum atomic E-state index is 5.70. The molecule has 166 valence electrons. The molecule has 33 heavy (non-hydrogen) atoms. The van der Waals surface area contributed by atoms with E-state index in [9.17, 15) is 0 Å². The van der Waals surface area contributed by atoms with Crippen LogP contribution < -0.4 is 18.9 Å². The molecule has 4 aromatic carbocycles. The highest BCUT2D eigenvalue weighted by Crippen LogP contribution is 2.57. The lowest BCUT2D eigenvalue weighted by Gasteiger charge is -2.34. The Labute approximate surface area is 194 Å². The first-order valence-electron chi connectivity index (χ1n) is 10.8. The summed E-state index contributed by atoms with van der Waals surface area (Å²) in [6.45, 7) is 0. The fraction of sp³-hybridized carbons (Fsp3) is 0.172. The van der Waals surface area contributed by atoms with Crippen molar-refractivity contribution in [2.45, 2.75) is 5.41 Å². The van der Waals surface area contributed by atoms with Crippen LogP contribution in [0.2, 0.25) is 0 Å². The second-order valence-corrected chi connectivity index (χ2v) is 7.98. The smallest absolute Gasteiger partial charge is 0.161 e. The van der Waals surface area contributed by atoms with Crippen molar-refractivity contribution in [1.82, 2.24) is 0 Å². The topological polar surface area (TPSA) is 36.9 Å². The van der Waals surface area contributed by atoms with Crippen LogP contribution in [0.3, 0.4) is 0 Å². The molecule has 0 heterocycles. The number of benzene rings is 4. The molecule has 0 aromatic heterocycles. The molecule has 0 amide bonds. The molecule has 0 aliphatic heterocycles. The first kappa shape index (κ1) is 21.0. The SMILES string of the molecule is COc1ccc(C2(c3ccc(OC)c(OC)c3)c3ccccc3-c3ccccc32)cc1OC. The zero-order chi connectivity index (χ0) is 23.0. The summed E-state index contributed by atoms with van der Waals surface area (Å²) in [6.07, 6.45) is 0. The zero-order valence-corrected chi connectivity index (χ0v) is 19.2. The van der Waals surface area contributed by atoms with Crippen LogP contribution in [0.5, 0.6) is 23.0 Å². The molecule has 0 atom stereocenters. The van der Waals surface area contributed by atoms with E-state index >= 15 is 0 Å². The number of hydrogen-bond acceptors (Lipinski definition) is 4. The lowest BCUT2D eigenvalue weighted by atomic mass is 9.67. The quantitative estimate of drug-likeness (QED) is 0.322. The van der Waals surface area contributed by atoms with E-state index in [1.165, 1.54) is 22.3 Å². The lowest BCUT2D eigenvalue weighted by Crippen LogP contribution is -2.28. The predicted octanol–water partition coefficient (Wildman–Crippen LogP) is 6.08. The predicted molar refractivity (Wildman–Crippen MR) is 130 cm³/mol. The van der Waals surface area contributed by atoms with Crippen molar-refractivity contribution in [3.05, 3.63) is 107 Å². The highest BCUT2D eigenvalue weighted by Gasteiger charge is 2.46. The van der Waals surface area contributed by atoms with Gasteiger partial charge in [-0.2, -0.15) is 0 Å². The van der Waals surface area contributed by atoms with E-state index in [0.717, 1.165) is 11.1 Å². The van der Waals surface area contributed by atoms with Gasteiger partial charge in [0, 0.05) is 0 Å². The van der Waals surface area contributed by atoms with Crippen LogP contribution in [0.4, 0.5) is 0 Å². The number of methoxy groups -OCH3 is 4. The molecular weight excluding hydrogens is 412 g/mol. The van der Waals surface area contributed by atoms with Gasteiger partial charge in [-0.05, 0) is 57.6 Å². The van der Waals surface area contributed by atoms with Crippen LogP contribution in [0.1, 0.15) is 22.3 Å². The van der Waals surface area contributed by atoms with Crippen molar-refractivity contribution in [2.24, 2.45) is 0 Å². The Bertz CT molecular complexity index is 1220. The largest absolute Gasteiger partial charge is 0.493 e. The van der Waals surface area contributed by atoms with Gasteiger partial charge < -0.3 is 18.9 Å². The maximum absolute atomic E-state index is 5.70. The number of fused-ring (bicyclic) bond motifs is 3. The van der Waals surface area contributed by atoms with Crippen molar-refractivity contribution in [2.75, 3.05) is 28.4 Å². The Balaban J connectivity index is 1.92. The number of ether oxygens (including phenoxy) is 4. The average Bonchev–Trinajstić information content (AvgIpc) is 3.19. The average molecular weight is 439 g/mol. The minimum absolute atomic E-state index is 0.563. The highest BCUT2D eigenvalue weighted by molar-refractivity contribution is 5.86. The van der Waals surface area contributed by atoms with E-state index in [4.69, 9.17) is 18.9 Å². The van der Waals surface area contributed by atoms with E-state index in [1.54, 1.807) is 28.4 Å². The van der Waals surface area contributed by atoms with E-state index in [0.29, 0.717) is 23.0 Å². The van der Waals surface area contributed by atoms with Crippen molar-refractivity contribution in [1.29, 1.82) is 0 Å². The van der Waals surface area contributed by atoms with E-state index in [1.807, 2.05) is 12.1 Å². The number of rotatable bonds is 6. The zero-order valence-electron chi connectivity index (χ0n) is 19.2. The van der Waals surface area contributed by atoms with Crippen LogP contribution in [0, 0.1) is 0 Å². The summed E-state index contributed by atoms with van der Waals surface area (Å²) >= 11 is 0. The molecule has 5 rings (SSSR count). The van der Waals surface area contributed by atoms with Gasteiger partial charge in [0.2, 0.25) is 0 Å². The molecule has 0 spiro atoms. The summed E-state index contributed by atoms with van der Waals surface area (Å²) in [4.78, 5) is 0. The summed E-state index contributed by atoms with van der Waals surface area (Å²) in [5, 5.41) is 0. The summed E-state index contributed by atoms with van der Waals surface area (Å²) in [6, 6.07) is 29.5. The third-order valence-electron chi connectivity index (χ3n) is 6.59. The molecule has 4 aromatic rings. The van der Waals surface area contributed by atoms with Crippen LogP contribution in [-0.2, 0) is 5.41 Å². The molecule has 0 N–H and O–H groups in total. The molecule has 0 unspecified atom stereocenters. The fourth-order valence-corrected chi connectivity index (χ4v) is 5.16. The van der Waals surface area contributed by atoms with Crippen molar-refractivity contribution >= 4 is 0 Å². The third kappa shape index (κ3) is 2.98. The van der Waals surface area contributed by atoms with Gasteiger partial charge in [0.1, 0.15) is 0 Å². The van der Waals surface area contributed by atoms with Gasteiger partial charge >= 0.3 is 0 Å². The van der Waals surface area contributed by atoms with Crippen molar-refractivity contribution < 1.29 is 18.9 Å². The van der Waals surface area contributed by atoms with Crippen LogP contribution in [0.25, 0.3) is 11.1 Å². The van der Waals surface area contributed by atoms with Crippen LogP contribution >= 0.6 is 0 Å². The second-order valence-electron chi connectivity index (χ2n) is 7.98. The molecule has 0 fully saturated rings. The third-order valence-corrected chi connectivity index (χ3v) is 6.59. The molecule has 0 radical (unpaired) electrons. The van der Waals surface area contributed by atoms with Gasteiger partial charge in [-0.3, -0.25) is 0 Å². The van der Waals surface area contributed by atoms with E-state index in [2.05, 4.69) is 72.8 Å². The molecule has 1 aliphatic carbocycles. The summed E-state index contributed by atoms with van der Waals surface area (Å²) in [5.74, 6) is 2.78. The molecule has 0 saturated heterocycles. The lowest BCUT2D eigenvalue weighted by molar-refractivity contribution is 0.353. The van der Waals surface area contributed by atoms with Crippen molar-refractivity contribution in [3.8, 4) is 34.1 Å². The fourth-order valence-electron chi connectivity index (χ4n) is 5.16. The van der Waals surface area contributed by atoms with E-state index in [-0.39, 0.29) is 0 Å². The summed E-state index contributed by atoms with van der Waals surface area (Å²) in [7, 11) is 6.64. The van der Waals surface area contributed by atoms with Crippen molar-refractivity contribution in [3.63, 3.8) is 0 Å². The maximum Gasteiger partial charge on any atom is 0.161 e. The highest BCUT2D eigenvalue weighted by atomic mass is 16.5. The van der Waals surface area contributed by atoms with Crippen LogP contribution in [0.15, 0.2) is 84.9 Å². The Morgan fingerprint density at radius 3 is 1.24 bits per heavy atom. The second kappa shape index (κ2) is 8.21. The Morgan fingerprint density at radius 2 is 0.848 bits per heavy atom. The summed E-state index contributed by atoms with van der Waals surface area (Å²) in [5.41, 5.74) is 6.48. The number of hydrogen-bond donors (Lipinski definition) is 0. The minimum Gasteiger partial charge on any atom is -0.493 e. The molecule has 4 heteroatoms.